The molecule has 3 rings (SSSR count). The van der Waals surface area contributed by atoms with Crippen molar-refractivity contribution in [1.82, 2.24) is 0 Å². The highest BCUT2D eigenvalue weighted by atomic mass is 14.2. The summed E-state index contributed by atoms with van der Waals surface area (Å²) in [5.41, 5.74) is 2.98. The molecule has 0 saturated heterocycles. The molecule has 1 aliphatic carbocycles. The highest BCUT2D eigenvalue weighted by Gasteiger charge is 2.17. The summed E-state index contributed by atoms with van der Waals surface area (Å²) in [6, 6.07) is 13.5. The normalized spacial score (nSPS) is 16.5. The van der Waals surface area contributed by atoms with E-state index in [0.29, 0.717) is 5.92 Å². The van der Waals surface area contributed by atoms with Gasteiger partial charge in [0.1, 0.15) is 0 Å². The minimum absolute atomic E-state index is 0.649. The predicted molar refractivity (Wildman–Crippen MR) is 93.7 cm³/mol. The Kier molecular flexibility index (Phi) is 4.75. The molecule has 1 atom stereocenters. The van der Waals surface area contributed by atoms with Crippen LogP contribution in [-0.4, -0.2) is 0 Å². The molecular formula is C21H26. The monoisotopic (exact) mass is 278 g/mol. The first kappa shape index (κ1) is 14.4. The average Bonchev–Trinajstić information content (AvgIpc) is 2.90. The van der Waals surface area contributed by atoms with Crippen molar-refractivity contribution < 1.29 is 0 Å². The van der Waals surface area contributed by atoms with Crippen molar-refractivity contribution in [2.75, 3.05) is 0 Å². The van der Waals surface area contributed by atoms with Crippen molar-refractivity contribution in [2.45, 2.75) is 57.8 Å². The molecule has 0 N–H and O–H groups in total. The summed E-state index contributed by atoms with van der Waals surface area (Å²) in [6.45, 7) is 2.28. The molecule has 0 heterocycles. The van der Waals surface area contributed by atoms with E-state index in [9.17, 15) is 0 Å². The number of fused-ring (bicyclic) bond motifs is 2. The van der Waals surface area contributed by atoms with Gasteiger partial charge in [0.25, 0.3) is 0 Å². The van der Waals surface area contributed by atoms with E-state index in [4.69, 9.17) is 0 Å². The van der Waals surface area contributed by atoms with Crippen molar-refractivity contribution in [2.24, 2.45) is 0 Å². The molecule has 0 nitrogen and oxygen atoms in total. The molecule has 2 aromatic carbocycles. The van der Waals surface area contributed by atoms with Crippen LogP contribution in [-0.2, 0) is 0 Å². The van der Waals surface area contributed by atoms with Crippen molar-refractivity contribution in [3.05, 3.63) is 53.6 Å². The first-order chi connectivity index (χ1) is 10.4. The third-order valence-electron chi connectivity index (χ3n) is 4.73. The minimum atomic E-state index is 0.649. The van der Waals surface area contributed by atoms with Gasteiger partial charge in [0, 0.05) is 5.92 Å². The summed E-state index contributed by atoms with van der Waals surface area (Å²) < 4.78 is 0. The summed E-state index contributed by atoms with van der Waals surface area (Å²) in [4.78, 5) is 0. The molecule has 0 spiro atoms. The van der Waals surface area contributed by atoms with Crippen LogP contribution < -0.4 is 0 Å². The van der Waals surface area contributed by atoms with E-state index in [1.54, 1.807) is 5.56 Å². The van der Waals surface area contributed by atoms with E-state index < -0.39 is 0 Å². The largest absolute Gasteiger partial charge is 0.0764 e. The maximum absolute atomic E-state index is 2.41. The second-order valence-corrected chi connectivity index (χ2v) is 6.35. The predicted octanol–water partition coefficient (Wildman–Crippen LogP) is 6.70. The Morgan fingerprint density at radius 2 is 1.57 bits per heavy atom. The lowest BCUT2D eigenvalue weighted by Gasteiger charge is -2.12. The number of unbranched alkanes of at least 4 members (excludes halogenated alkanes) is 5. The molecule has 0 amide bonds. The van der Waals surface area contributed by atoms with Crippen LogP contribution in [0.3, 0.4) is 0 Å². The number of allylic oxidation sites excluding steroid dienone is 1. The first-order valence-corrected chi connectivity index (χ1v) is 8.59. The second-order valence-electron chi connectivity index (χ2n) is 6.35. The summed E-state index contributed by atoms with van der Waals surface area (Å²) in [6.07, 6.45) is 14.4. The van der Waals surface area contributed by atoms with Crippen LogP contribution in [0.25, 0.3) is 16.8 Å². The van der Waals surface area contributed by atoms with Gasteiger partial charge >= 0.3 is 0 Å². The molecule has 21 heavy (non-hydrogen) atoms. The molecule has 0 radical (unpaired) electrons. The van der Waals surface area contributed by atoms with Crippen LogP contribution in [0.4, 0.5) is 0 Å². The maximum atomic E-state index is 2.41. The minimum Gasteiger partial charge on any atom is -0.0764 e. The number of rotatable bonds is 7. The molecule has 0 aliphatic heterocycles. The molecule has 1 aliphatic rings. The second kappa shape index (κ2) is 6.93. The summed E-state index contributed by atoms with van der Waals surface area (Å²) in [7, 11) is 0. The molecule has 110 valence electrons. The van der Waals surface area contributed by atoms with Crippen LogP contribution in [0, 0.1) is 0 Å². The van der Waals surface area contributed by atoms with E-state index in [1.807, 2.05) is 0 Å². The van der Waals surface area contributed by atoms with E-state index in [0.717, 1.165) is 0 Å². The Bertz CT molecular complexity index is 621. The van der Waals surface area contributed by atoms with Gasteiger partial charge in [-0.1, -0.05) is 81.9 Å². The molecule has 0 bridgehead atoms. The summed E-state index contributed by atoms with van der Waals surface area (Å²) in [5.74, 6) is 0.649. The van der Waals surface area contributed by atoms with Gasteiger partial charge in [0.15, 0.2) is 0 Å². The fourth-order valence-corrected chi connectivity index (χ4v) is 3.46. The van der Waals surface area contributed by atoms with E-state index in [2.05, 4.69) is 55.5 Å². The van der Waals surface area contributed by atoms with Crippen LogP contribution in [0.2, 0.25) is 0 Å². The summed E-state index contributed by atoms with van der Waals surface area (Å²) >= 11 is 0. The first-order valence-electron chi connectivity index (χ1n) is 8.59. The van der Waals surface area contributed by atoms with E-state index in [-0.39, 0.29) is 0 Å². The van der Waals surface area contributed by atoms with Gasteiger partial charge in [-0.3, -0.25) is 0 Å². The Morgan fingerprint density at radius 3 is 2.38 bits per heavy atom. The Morgan fingerprint density at radius 1 is 0.857 bits per heavy atom. The number of benzene rings is 2. The van der Waals surface area contributed by atoms with Crippen LogP contribution in [0.1, 0.15) is 68.9 Å². The number of hydrogen-bond donors (Lipinski definition) is 0. The Labute approximate surface area is 128 Å². The third kappa shape index (κ3) is 3.37. The molecule has 1 unspecified atom stereocenters. The van der Waals surface area contributed by atoms with Gasteiger partial charge in [0.2, 0.25) is 0 Å². The maximum Gasteiger partial charge on any atom is 0.00274 e. The molecule has 0 heteroatoms. The molecule has 0 saturated carbocycles. The standard InChI is InChI=1S/C21H26/c1-2-3-4-5-6-7-10-17-13-14-20-15-18-11-8-9-12-19(18)16-21(17)20/h8-9,11-17H,2-7,10H2,1H3. The van der Waals surface area contributed by atoms with Gasteiger partial charge in [-0.05, 0) is 40.5 Å². The lowest BCUT2D eigenvalue weighted by molar-refractivity contribution is 0.575. The smallest absolute Gasteiger partial charge is 0.00274 e. The highest BCUT2D eigenvalue weighted by molar-refractivity contribution is 5.87. The van der Waals surface area contributed by atoms with Gasteiger partial charge < -0.3 is 0 Å². The molecular weight excluding hydrogens is 252 g/mol. The van der Waals surface area contributed by atoms with Crippen LogP contribution in [0.15, 0.2) is 42.5 Å². The average molecular weight is 278 g/mol. The van der Waals surface area contributed by atoms with Crippen molar-refractivity contribution in [3.63, 3.8) is 0 Å². The van der Waals surface area contributed by atoms with Gasteiger partial charge in [-0.25, -0.2) is 0 Å². The molecule has 0 fully saturated rings. The van der Waals surface area contributed by atoms with E-state index in [1.165, 1.54) is 61.3 Å². The lowest BCUT2D eigenvalue weighted by atomic mass is 9.92. The fourth-order valence-electron chi connectivity index (χ4n) is 3.46. The summed E-state index contributed by atoms with van der Waals surface area (Å²) in [5, 5.41) is 2.74. The van der Waals surface area contributed by atoms with Crippen LogP contribution >= 0.6 is 0 Å². The zero-order valence-corrected chi connectivity index (χ0v) is 13.1. The topological polar surface area (TPSA) is 0 Å². The van der Waals surface area contributed by atoms with Crippen molar-refractivity contribution in [3.8, 4) is 0 Å². The quantitative estimate of drug-likeness (QED) is 0.494. The van der Waals surface area contributed by atoms with Crippen molar-refractivity contribution in [1.29, 1.82) is 0 Å². The SMILES string of the molecule is CCCCCCCCC1C=Cc2cc3ccccc3cc21. The number of hydrogen-bond acceptors (Lipinski definition) is 0. The van der Waals surface area contributed by atoms with Gasteiger partial charge in [0.05, 0.1) is 0 Å². The zero-order valence-electron chi connectivity index (χ0n) is 13.1. The third-order valence-corrected chi connectivity index (χ3v) is 4.73. The lowest BCUT2D eigenvalue weighted by Crippen LogP contribution is -1.94. The fraction of sp³-hybridized carbons (Fsp3) is 0.429. The molecule has 0 aromatic heterocycles. The van der Waals surface area contributed by atoms with E-state index >= 15 is 0 Å². The van der Waals surface area contributed by atoms with Crippen molar-refractivity contribution >= 4 is 16.8 Å². The molecule has 2 aromatic rings. The Hall–Kier alpha value is -1.56. The highest BCUT2D eigenvalue weighted by Crippen LogP contribution is 2.36. The Balaban J connectivity index is 1.61. The zero-order chi connectivity index (χ0) is 14.5. The van der Waals surface area contributed by atoms with Crippen LogP contribution in [0.5, 0.6) is 0 Å². The van der Waals surface area contributed by atoms with Gasteiger partial charge in [-0.2, -0.15) is 0 Å². The van der Waals surface area contributed by atoms with Gasteiger partial charge in [-0.15, -0.1) is 0 Å².